The first-order valence-electron chi connectivity index (χ1n) is 6.13. The van der Waals surface area contributed by atoms with E-state index >= 15 is 0 Å². The number of thiophene rings is 1. The van der Waals surface area contributed by atoms with Crippen molar-refractivity contribution in [3.05, 3.63) is 14.9 Å². The molecule has 1 aromatic heterocycles. The number of rotatable bonds is 3. The Morgan fingerprint density at radius 2 is 2.05 bits per heavy atom. The molecule has 3 N–H and O–H groups in total. The van der Waals surface area contributed by atoms with E-state index < -0.39 is 10.0 Å². The molecule has 0 radical (unpaired) electrons. The maximum atomic E-state index is 12.3. The third-order valence-corrected chi connectivity index (χ3v) is 7.70. The minimum absolute atomic E-state index is 0.115. The normalized spacial score (nSPS) is 25.2. The summed E-state index contributed by atoms with van der Waals surface area (Å²) in [7, 11) is -3.54. The Bertz CT molecular complexity index is 527. The van der Waals surface area contributed by atoms with Gasteiger partial charge in [0.2, 0.25) is 10.0 Å². The zero-order valence-corrected chi connectivity index (χ0v) is 14.2. The summed E-state index contributed by atoms with van der Waals surface area (Å²) in [6.07, 6.45) is 4.84. The van der Waals surface area contributed by atoms with Crippen LogP contribution in [0.25, 0.3) is 0 Å². The number of halogens is 2. The third kappa shape index (κ3) is 3.92. The van der Waals surface area contributed by atoms with E-state index in [0.29, 0.717) is 8.81 Å². The van der Waals surface area contributed by atoms with Crippen LogP contribution in [0.1, 0.15) is 32.1 Å². The Morgan fingerprint density at radius 1 is 1.37 bits per heavy atom. The van der Waals surface area contributed by atoms with Gasteiger partial charge < -0.3 is 5.73 Å². The van der Waals surface area contributed by atoms with Gasteiger partial charge >= 0.3 is 0 Å². The zero-order chi connectivity index (χ0) is 14.0. The summed E-state index contributed by atoms with van der Waals surface area (Å²) in [6, 6.07) is 1.16. The van der Waals surface area contributed by atoms with Crippen LogP contribution in [0.2, 0.25) is 5.02 Å². The molecule has 8 heteroatoms. The fourth-order valence-corrected chi connectivity index (χ4v) is 5.94. The van der Waals surface area contributed by atoms with Gasteiger partial charge in [0.25, 0.3) is 0 Å². The third-order valence-electron chi connectivity index (χ3n) is 3.26. The molecule has 0 amide bonds. The fourth-order valence-electron chi connectivity index (χ4n) is 2.20. The summed E-state index contributed by atoms with van der Waals surface area (Å²) in [5.74, 6) is 0. The first-order chi connectivity index (χ1) is 8.90. The minimum Gasteiger partial charge on any atom is -0.326 e. The van der Waals surface area contributed by atoms with Gasteiger partial charge in [-0.1, -0.05) is 30.9 Å². The highest BCUT2D eigenvalue weighted by Gasteiger charge is 2.27. The summed E-state index contributed by atoms with van der Waals surface area (Å²) >= 11 is 10.2. The van der Waals surface area contributed by atoms with Crippen LogP contribution in [0, 0.1) is 0 Å². The molecule has 2 rings (SSSR count). The van der Waals surface area contributed by atoms with Crippen molar-refractivity contribution in [1.29, 1.82) is 0 Å². The van der Waals surface area contributed by atoms with Crippen LogP contribution in [0.4, 0.5) is 0 Å². The van der Waals surface area contributed by atoms with E-state index in [4.69, 9.17) is 17.3 Å². The van der Waals surface area contributed by atoms with E-state index in [-0.39, 0.29) is 16.3 Å². The molecule has 108 valence electrons. The molecule has 0 saturated heterocycles. The van der Waals surface area contributed by atoms with Crippen LogP contribution in [0.15, 0.2) is 14.1 Å². The Kier molecular flexibility index (Phi) is 5.30. The van der Waals surface area contributed by atoms with Gasteiger partial charge in [0.1, 0.15) is 4.21 Å². The molecule has 4 nitrogen and oxygen atoms in total. The summed E-state index contributed by atoms with van der Waals surface area (Å²) < 4.78 is 28.1. The maximum Gasteiger partial charge on any atom is 0.250 e. The van der Waals surface area contributed by atoms with Crippen LogP contribution in [-0.2, 0) is 10.0 Å². The van der Waals surface area contributed by atoms with Gasteiger partial charge in [0, 0.05) is 12.1 Å². The Labute approximate surface area is 130 Å². The Morgan fingerprint density at radius 3 is 2.68 bits per heavy atom. The van der Waals surface area contributed by atoms with E-state index in [2.05, 4.69) is 20.7 Å². The average molecular weight is 388 g/mol. The minimum atomic E-state index is -3.54. The van der Waals surface area contributed by atoms with Crippen molar-refractivity contribution < 1.29 is 8.42 Å². The molecular formula is C11H16BrClN2O2S2. The fraction of sp³-hybridized carbons (Fsp3) is 0.636. The van der Waals surface area contributed by atoms with Crippen molar-refractivity contribution >= 4 is 48.9 Å². The van der Waals surface area contributed by atoms with Gasteiger partial charge in [-0.25, -0.2) is 13.1 Å². The Balaban J connectivity index is 2.16. The van der Waals surface area contributed by atoms with Crippen LogP contribution in [-0.4, -0.2) is 20.5 Å². The average Bonchev–Trinajstić information content (AvgIpc) is 2.55. The molecule has 1 fully saturated rings. The Hall–Kier alpha value is 0.340. The van der Waals surface area contributed by atoms with Crippen molar-refractivity contribution in [1.82, 2.24) is 4.72 Å². The monoisotopic (exact) mass is 386 g/mol. The number of nitrogens with one attached hydrogen (secondary N) is 1. The van der Waals surface area contributed by atoms with Gasteiger partial charge in [-0.3, -0.25) is 0 Å². The topological polar surface area (TPSA) is 72.2 Å². The first-order valence-corrected chi connectivity index (χ1v) is 9.60. The maximum absolute atomic E-state index is 12.3. The van der Waals surface area contributed by atoms with E-state index in [1.54, 1.807) is 0 Å². The molecule has 0 spiro atoms. The molecule has 2 unspecified atom stereocenters. The van der Waals surface area contributed by atoms with Gasteiger partial charge in [-0.05, 0) is 34.8 Å². The quantitative estimate of drug-likeness (QED) is 0.783. The van der Waals surface area contributed by atoms with Gasteiger partial charge in [-0.15, -0.1) is 11.3 Å². The van der Waals surface area contributed by atoms with Crippen molar-refractivity contribution in [2.75, 3.05) is 0 Å². The van der Waals surface area contributed by atoms with Gasteiger partial charge in [0.15, 0.2) is 0 Å². The lowest BCUT2D eigenvalue weighted by Gasteiger charge is -2.22. The SMILES string of the molecule is NC1CCCCCC1NS(=O)(=O)c1cc(Cl)c(Br)s1. The van der Waals surface area contributed by atoms with Crippen molar-refractivity contribution in [2.45, 2.75) is 48.4 Å². The first kappa shape index (κ1) is 15.7. The lowest BCUT2D eigenvalue weighted by atomic mass is 10.1. The van der Waals surface area contributed by atoms with Crippen LogP contribution in [0.5, 0.6) is 0 Å². The molecule has 1 saturated carbocycles. The highest BCUT2D eigenvalue weighted by atomic mass is 79.9. The van der Waals surface area contributed by atoms with Crippen LogP contribution >= 0.6 is 38.9 Å². The largest absolute Gasteiger partial charge is 0.326 e. The van der Waals surface area contributed by atoms with E-state index in [0.717, 1.165) is 43.4 Å². The number of sulfonamides is 1. The molecule has 19 heavy (non-hydrogen) atoms. The molecule has 0 aromatic carbocycles. The van der Waals surface area contributed by atoms with Crippen molar-refractivity contribution in [2.24, 2.45) is 5.73 Å². The number of nitrogens with two attached hydrogens (primary N) is 1. The summed E-state index contributed by atoms with van der Waals surface area (Å²) in [6.45, 7) is 0. The predicted molar refractivity (Wildman–Crippen MR) is 82.2 cm³/mol. The highest BCUT2D eigenvalue weighted by Crippen LogP contribution is 2.34. The molecule has 1 aliphatic rings. The molecule has 1 aromatic rings. The second-order valence-corrected chi connectivity index (χ2v) is 9.43. The van der Waals surface area contributed by atoms with Crippen LogP contribution < -0.4 is 10.5 Å². The van der Waals surface area contributed by atoms with Crippen LogP contribution in [0.3, 0.4) is 0 Å². The molecule has 0 aliphatic heterocycles. The summed E-state index contributed by atoms with van der Waals surface area (Å²) in [5.41, 5.74) is 6.04. The summed E-state index contributed by atoms with van der Waals surface area (Å²) in [4.78, 5) is 0. The van der Waals surface area contributed by atoms with Gasteiger partial charge in [0.05, 0.1) is 8.81 Å². The van der Waals surface area contributed by atoms with E-state index in [1.807, 2.05) is 0 Å². The zero-order valence-electron chi connectivity index (χ0n) is 10.2. The molecule has 1 heterocycles. The highest BCUT2D eigenvalue weighted by molar-refractivity contribution is 9.11. The number of hydrogen-bond donors (Lipinski definition) is 2. The summed E-state index contributed by atoms with van der Waals surface area (Å²) in [5, 5.41) is 0.413. The van der Waals surface area contributed by atoms with Crippen molar-refractivity contribution in [3.63, 3.8) is 0 Å². The van der Waals surface area contributed by atoms with E-state index in [9.17, 15) is 8.42 Å². The van der Waals surface area contributed by atoms with Crippen molar-refractivity contribution in [3.8, 4) is 0 Å². The van der Waals surface area contributed by atoms with Gasteiger partial charge in [-0.2, -0.15) is 0 Å². The van der Waals surface area contributed by atoms with E-state index in [1.165, 1.54) is 6.07 Å². The predicted octanol–water partition coefficient (Wildman–Crippen LogP) is 3.10. The molecular weight excluding hydrogens is 372 g/mol. The lowest BCUT2D eigenvalue weighted by molar-refractivity contribution is 0.457. The molecule has 0 bridgehead atoms. The standard InChI is InChI=1S/C11H16BrClN2O2S2/c12-11-7(13)6-10(18-11)19(16,17)15-9-5-3-1-2-4-8(9)14/h6,8-9,15H,1-5,14H2. The smallest absolute Gasteiger partial charge is 0.250 e. The second-order valence-electron chi connectivity index (χ2n) is 4.72. The number of hydrogen-bond acceptors (Lipinski definition) is 4. The lowest BCUT2D eigenvalue weighted by Crippen LogP contribution is -2.46. The second kappa shape index (κ2) is 6.41. The molecule has 1 aliphatic carbocycles. The molecule has 2 atom stereocenters.